The lowest BCUT2D eigenvalue weighted by molar-refractivity contribution is -0.107. The zero-order valence-electron chi connectivity index (χ0n) is 24.5. The molecule has 0 spiro atoms. The van der Waals surface area contributed by atoms with Crippen molar-refractivity contribution in [1.29, 1.82) is 0 Å². The van der Waals surface area contributed by atoms with Crippen molar-refractivity contribution in [3.05, 3.63) is 51.5 Å². The van der Waals surface area contributed by atoms with Gasteiger partial charge in [0.25, 0.3) is 0 Å². The molecule has 1 N–H and O–H groups in total. The average molecular weight is 539 g/mol. The summed E-state index contributed by atoms with van der Waals surface area (Å²) in [6.45, 7) is 17.0. The molecule has 2 aliphatic rings. The Kier molecular flexibility index (Phi) is 10.4. The third kappa shape index (κ3) is 7.07. The lowest BCUT2D eigenvalue weighted by Gasteiger charge is -2.37. The molecular formula is C32H43FN2O2S. The molecule has 6 heteroatoms. The molecule has 0 radical (unpaired) electrons. The number of aldehydes is 1. The van der Waals surface area contributed by atoms with E-state index in [0.717, 1.165) is 64.7 Å². The van der Waals surface area contributed by atoms with Crippen molar-refractivity contribution < 1.29 is 14.3 Å². The first-order valence-electron chi connectivity index (χ1n) is 13.0. The average Bonchev–Trinajstić information content (AvgIpc) is 2.82. The fourth-order valence-electron chi connectivity index (χ4n) is 5.54. The van der Waals surface area contributed by atoms with Crippen molar-refractivity contribution in [3.8, 4) is 24.1 Å². The molecule has 0 atom stereocenters. The number of nitrogens with zero attached hydrogens (tertiary/aromatic N) is 2. The first kappa shape index (κ1) is 31.6. The number of aliphatic hydroxyl groups is 1. The Morgan fingerprint density at radius 2 is 1.79 bits per heavy atom. The largest absolute Gasteiger partial charge is 0.391 e. The summed E-state index contributed by atoms with van der Waals surface area (Å²) in [5, 5.41) is 8.52. The van der Waals surface area contributed by atoms with Gasteiger partial charge in [-0.3, -0.25) is 4.98 Å². The minimum atomic E-state index is -0.500. The number of terminal acetylenes is 1. The summed E-state index contributed by atoms with van der Waals surface area (Å²) in [5.41, 5.74) is 11.2. The minimum Gasteiger partial charge on any atom is -0.391 e. The zero-order chi connectivity index (χ0) is 29.0. The molecule has 206 valence electrons. The molecule has 1 aromatic carbocycles. The molecule has 4 nitrogen and oxygen atoms in total. The SMILES string of the molecule is C#C.CC(C)(C)O.CSN1Cc2cc(F)cnc2-c2c(C)c(C3=C(C)CC(C)(C)CC3)c(CC=O)c(C)c21. The predicted octanol–water partition coefficient (Wildman–Crippen LogP) is 7.85. The monoisotopic (exact) mass is 538 g/mol. The Bertz CT molecular complexity index is 1230. The number of halogens is 1. The smallest absolute Gasteiger partial charge is 0.141 e. The minimum absolute atomic E-state index is 0.302. The number of anilines is 1. The molecule has 1 aromatic heterocycles. The highest BCUT2D eigenvalue weighted by Gasteiger charge is 2.33. The van der Waals surface area contributed by atoms with Crippen LogP contribution >= 0.6 is 11.9 Å². The van der Waals surface area contributed by atoms with Crippen LogP contribution in [0, 0.1) is 37.9 Å². The fourth-order valence-corrected chi connectivity index (χ4v) is 6.22. The first-order valence-corrected chi connectivity index (χ1v) is 14.2. The third-order valence-electron chi connectivity index (χ3n) is 6.95. The van der Waals surface area contributed by atoms with Crippen LogP contribution in [-0.4, -0.2) is 28.2 Å². The van der Waals surface area contributed by atoms with Crippen molar-refractivity contribution >= 4 is 29.5 Å². The number of fused-ring (bicyclic) bond motifs is 3. The molecule has 0 saturated heterocycles. The summed E-state index contributed by atoms with van der Waals surface area (Å²) in [6.07, 6.45) is 16.0. The van der Waals surface area contributed by atoms with Crippen molar-refractivity contribution in [2.45, 2.75) is 93.2 Å². The predicted molar refractivity (Wildman–Crippen MR) is 161 cm³/mol. The second-order valence-corrected chi connectivity index (χ2v) is 12.7. The van der Waals surface area contributed by atoms with Gasteiger partial charge >= 0.3 is 0 Å². The quantitative estimate of drug-likeness (QED) is 0.244. The van der Waals surface area contributed by atoms with Crippen molar-refractivity contribution in [2.24, 2.45) is 5.41 Å². The van der Waals surface area contributed by atoms with Gasteiger partial charge in [-0.1, -0.05) is 31.4 Å². The third-order valence-corrected chi connectivity index (χ3v) is 7.70. The highest BCUT2D eigenvalue weighted by molar-refractivity contribution is 7.99. The Morgan fingerprint density at radius 1 is 1.18 bits per heavy atom. The molecule has 0 saturated carbocycles. The number of aromatic nitrogens is 1. The van der Waals surface area contributed by atoms with Gasteiger partial charge in [0.1, 0.15) is 12.1 Å². The highest BCUT2D eigenvalue weighted by atomic mass is 32.2. The van der Waals surface area contributed by atoms with Gasteiger partial charge in [-0.05, 0) is 100 Å². The number of carbonyl (C=O) groups is 1. The number of carbonyl (C=O) groups excluding carboxylic acids is 1. The van der Waals surface area contributed by atoms with Crippen LogP contribution in [0.25, 0.3) is 16.8 Å². The van der Waals surface area contributed by atoms with Crippen LogP contribution in [0.15, 0.2) is 17.8 Å². The lowest BCUT2D eigenvalue weighted by Crippen LogP contribution is -2.24. The lowest BCUT2D eigenvalue weighted by atomic mass is 9.71. The van der Waals surface area contributed by atoms with Crippen molar-refractivity contribution in [2.75, 3.05) is 10.6 Å². The Hall–Kier alpha value is -2.62. The fraction of sp³-hybridized carbons (Fsp3) is 0.500. The number of rotatable bonds is 4. The topological polar surface area (TPSA) is 53.4 Å². The van der Waals surface area contributed by atoms with Gasteiger partial charge in [0, 0.05) is 23.8 Å². The van der Waals surface area contributed by atoms with E-state index in [0.29, 0.717) is 18.4 Å². The van der Waals surface area contributed by atoms with Gasteiger partial charge < -0.3 is 14.2 Å². The number of hydrogen-bond donors (Lipinski definition) is 1. The first-order chi connectivity index (χ1) is 17.7. The summed E-state index contributed by atoms with van der Waals surface area (Å²) >= 11 is 1.63. The molecule has 0 unspecified atom stereocenters. The molecular weight excluding hydrogens is 495 g/mol. The van der Waals surface area contributed by atoms with Crippen LogP contribution in [0.5, 0.6) is 0 Å². The normalized spacial score (nSPS) is 15.9. The maximum atomic E-state index is 14.0. The molecule has 0 bridgehead atoms. The van der Waals surface area contributed by atoms with E-state index in [1.807, 2.05) is 6.26 Å². The van der Waals surface area contributed by atoms with Gasteiger partial charge in [0.15, 0.2) is 0 Å². The van der Waals surface area contributed by atoms with Crippen LogP contribution < -0.4 is 4.31 Å². The van der Waals surface area contributed by atoms with E-state index in [2.05, 4.69) is 56.8 Å². The van der Waals surface area contributed by atoms with Crippen LogP contribution in [0.3, 0.4) is 0 Å². The van der Waals surface area contributed by atoms with Gasteiger partial charge in [0.05, 0.1) is 29.7 Å². The molecule has 2 heterocycles. The van der Waals surface area contributed by atoms with E-state index in [4.69, 9.17) is 5.11 Å². The standard InChI is InChI=1S/C26H31FN2OS.C4H10O.C2H2/c1-15-12-26(4,5)9-7-20(15)22-17(3)23-24-18(11-19(27)13-28-24)14-29(31-6)25(23)16(2)21(22)8-10-30;1-4(2,3)5;1-2/h10-11,13H,7-9,12,14H2,1-6H3;5H,1-3H3;1-2H. The van der Waals surface area contributed by atoms with Crippen molar-refractivity contribution in [1.82, 2.24) is 4.98 Å². The molecule has 1 aliphatic heterocycles. The maximum absolute atomic E-state index is 14.0. The Balaban J connectivity index is 0.000000651. The second kappa shape index (κ2) is 12.5. The zero-order valence-corrected chi connectivity index (χ0v) is 25.3. The summed E-state index contributed by atoms with van der Waals surface area (Å²) in [4.78, 5) is 16.3. The summed E-state index contributed by atoms with van der Waals surface area (Å²) in [7, 11) is 0. The molecule has 38 heavy (non-hydrogen) atoms. The summed E-state index contributed by atoms with van der Waals surface area (Å²) in [5.74, 6) is -0.302. The van der Waals surface area contributed by atoms with Crippen molar-refractivity contribution in [3.63, 3.8) is 0 Å². The van der Waals surface area contributed by atoms with E-state index in [1.54, 1.807) is 38.8 Å². The second-order valence-electron chi connectivity index (χ2n) is 11.8. The molecule has 0 fully saturated rings. The maximum Gasteiger partial charge on any atom is 0.141 e. The van der Waals surface area contributed by atoms with E-state index in [-0.39, 0.29) is 5.82 Å². The summed E-state index contributed by atoms with van der Waals surface area (Å²) < 4.78 is 16.2. The van der Waals surface area contributed by atoms with Crippen LogP contribution in [0.4, 0.5) is 10.1 Å². The van der Waals surface area contributed by atoms with Gasteiger partial charge in [0.2, 0.25) is 0 Å². The number of pyridine rings is 1. The number of allylic oxidation sites excluding steroid dienone is 2. The van der Waals surface area contributed by atoms with E-state index in [1.165, 1.54) is 22.9 Å². The van der Waals surface area contributed by atoms with Crippen LogP contribution in [0.2, 0.25) is 0 Å². The molecule has 0 amide bonds. The van der Waals surface area contributed by atoms with Crippen LogP contribution in [0.1, 0.15) is 88.6 Å². The van der Waals surface area contributed by atoms with E-state index in [9.17, 15) is 9.18 Å². The van der Waals surface area contributed by atoms with Gasteiger partial charge in [-0.2, -0.15) is 0 Å². The van der Waals surface area contributed by atoms with E-state index >= 15 is 0 Å². The molecule has 1 aliphatic carbocycles. The summed E-state index contributed by atoms with van der Waals surface area (Å²) in [6, 6.07) is 1.61. The molecule has 4 rings (SSSR count). The van der Waals surface area contributed by atoms with Gasteiger partial charge in [-0.15, -0.1) is 12.8 Å². The highest BCUT2D eigenvalue weighted by Crippen LogP contribution is 2.51. The number of hydrogen-bond acceptors (Lipinski definition) is 5. The van der Waals surface area contributed by atoms with E-state index < -0.39 is 5.60 Å². The molecule has 2 aromatic rings. The number of benzene rings is 1. The van der Waals surface area contributed by atoms with Crippen LogP contribution in [-0.2, 0) is 17.8 Å². The Labute approximate surface area is 233 Å². The van der Waals surface area contributed by atoms with Gasteiger partial charge in [-0.25, -0.2) is 4.39 Å². The Morgan fingerprint density at radius 3 is 2.32 bits per heavy atom.